The van der Waals surface area contributed by atoms with Crippen molar-refractivity contribution in [3.05, 3.63) is 62.5 Å². The molecular formula is C30H39Br2N5O2. The van der Waals surface area contributed by atoms with Crippen molar-refractivity contribution in [1.82, 2.24) is 19.6 Å². The van der Waals surface area contributed by atoms with E-state index >= 15 is 0 Å². The van der Waals surface area contributed by atoms with Crippen molar-refractivity contribution in [2.45, 2.75) is 56.7 Å². The molecule has 2 fully saturated rings. The van der Waals surface area contributed by atoms with Gasteiger partial charge in [-0.05, 0) is 88.0 Å². The molecule has 1 atom stereocenters. The molecule has 3 amide bonds. The van der Waals surface area contributed by atoms with Gasteiger partial charge in [0, 0.05) is 59.4 Å². The van der Waals surface area contributed by atoms with E-state index in [9.17, 15) is 9.59 Å². The minimum Gasteiger partial charge on any atom is -0.341 e. The van der Waals surface area contributed by atoms with Crippen LogP contribution in [0.5, 0.6) is 0 Å². The maximum absolute atomic E-state index is 14.0. The Labute approximate surface area is 249 Å². The first-order chi connectivity index (χ1) is 18.8. The van der Waals surface area contributed by atoms with Crippen LogP contribution in [0.25, 0.3) is 0 Å². The SMILES string of the molecule is CN(C)C1CCN(C(=O)C(Cc2cc(Br)cc(Br)c2)N2CCC(N3CCc4ccccc4NC3=O)CC2)CC1. The molecule has 0 saturated carbocycles. The number of nitrogens with zero attached hydrogens (tertiary/aromatic N) is 4. The summed E-state index contributed by atoms with van der Waals surface area (Å²) in [5.74, 6) is 0.240. The zero-order valence-electron chi connectivity index (χ0n) is 22.9. The van der Waals surface area contributed by atoms with Gasteiger partial charge in [0.2, 0.25) is 5.91 Å². The second-order valence-corrected chi connectivity index (χ2v) is 13.1. The number of hydrogen-bond donors (Lipinski definition) is 1. The number of hydrogen-bond acceptors (Lipinski definition) is 4. The first kappa shape index (κ1) is 28.6. The van der Waals surface area contributed by atoms with Gasteiger partial charge in [0.15, 0.2) is 0 Å². The molecule has 0 radical (unpaired) electrons. The van der Waals surface area contributed by atoms with Crippen LogP contribution in [0.4, 0.5) is 10.5 Å². The van der Waals surface area contributed by atoms with Crippen LogP contribution in [0.15, 0.2) is 51.4 Å². The van der Waals surface area contributed by atoms with Crippen LogP contribution in [0, 0.1) is 0 Å². The summed E-state index contributed by atoms with van der Waals surface area (Å²) in [6, 6.07) is 14.9. The number of piperidine rings is 2. The van der Waals surface area contributed by atoms with Gasteiger partial charge in [-0.2, -0.15) is 0 Å². The quantitative estimate of drug-likeness (QED) is 0.461. The molecule has 0 aromatic heterocycles. The second-order valence-electron chi connectivity index (χ2n) is 11.3. The van der Waals surface area contributed by atoms with E-state index in [-0.39, 0.29) is 24.0 Å². The summed E-state index contributed by atoms with van der Waals surface area (Å²) in [4.78, 5) is 35.9. The van der Waals surface area contributed by atoms with Crippen molar-refractivity contribution < 1.29 is 9.59 Å². The van der Waals surface area contributed by atoms with Gasteiger partial charge in [0.1, 0.15) is 0 Å². The van der Waals surface area contributed by atoms with E-state index in [0.717, 1.165) is 85.0 Å². The highest BCUT2D eigenvalue weighted by atomic mass is 79.9. The number of carbonyl (C=O) groups is 2. The monoisotopic (exact) mass is 659 g/mol. The molecule has 39 heavy (non-hydrogen) atoms. The van der Waals surface area contributed by atoms with E-state index < -0.39 is 0 Å². The molecule has 3 aliphatic rings. The van der Waals surface area contributed by atoms with E-state index in [2.05, 4.69) is 84.2 Å². The topological polar surface area (TPSA) is 59.1 Å². The fraction of sp³-hybridized carbons (Fsp3) is 0.533. The first-order valence-electron chi connectivity index (χ1n) is 14.1. The molecule has 1 N–H and O–H groups in total. The summed E-state index contributed by atoms with van der Waals surface area (Å²) >= 11 is 7.24. The lowest BCUT2D eigenvalue weighted by Crippen LogP contribution is -2.56. The number of fused-ring (bicyclic) bond motifs is 1. The van der Waals surface area contributed by atoms with Gasteiger partial charge >= 0.3 is 6.03 Å². The van der Waals surface area contributed by atoms with E-state index in [1.54, 1.807) is 0 Å². The van der Waals surface area contributed by atoms with Crippen LogP contribution in [0.3, 0.4) is 0 Å². The van der Waals surface area contributed by atoms with Crippen molar-refractivity contribution in [1.29, 1.82) is 0 Å². The second kappa shape index (κ2) is 12.7. The summed E-state index contributed by atoms with van der Waals surface area (Å²) in [5.41, 5.74) is 3.26. The summed E-state index contributed by atoms with van der Waals surface area (Å²) in [5, 5.41) is 3.12. The molecule has 0 spiro atoms. The third-order valence-electron chi connectivity index (χ3n) is 8.67. The third-order valence-corrected chi connectivity index (χ3v) is 9.58. The lowest BCUT2D eigenvalue weighted by Gasteiger charge is -2.43. The molecule has 3 aliphatic heterocycles. The molecule has 3 heterocycles. The van der Waals surface area contributed by atoms with Gasteiger partial charge in [0.05, 0.1) is 6.04 Å². The Morgan fingerprint density at radius 2 is 1.64 bits per heavy atom. The Hall–Kier alpha value is -1.94. The lowest BCUT2D eigenvalue weighted by molar-refractivity contribution is -0.139. The van der Waals surface area contributed by atoms with E-state index in [1.807, 2.05) is 29.2 Å². The zero-order chi connectivity index (χ0) is 27.5. The fourth-order valence-electron chi connectivity index (χ4n) is 6.39. The van der Waals surface area contributed by atoms with Gasteiger partial charge < -0.3 is 20.0 Å². The minimum atomic E-state index is -0.203. The Kier molecular flexibility index (Phi) is 9.31. The first-order valence-corrected chi connectivity index (χ1v) is 15.7. The van der Waals surface area contributed by atoms with E-state index in [1.165, 1.54) is 5.56 Å². The van der Waals surface area contributed by atoms with Crippen LogP contribution in [0.2, 0.25) is 0 Å². The molecule has 0 bridgehead atoms. The molecule has 7 nitrogen and oxygen atoms in total. The Bertz CT molecular complexity index is 1160. The Morgan fingerprint density at radius 3 is 2.31 bits per heavy atom. The summed E-state index contributed by atoms with van der Waals surface area (Å²) in [6.07, 6.45) is 5.31. The average molecular weight is 661 g/mol. The number of nitrogens with one attached hydrogen (secondary N) is 1. The average Bonchev–Trinajstić information content (AvgIpc) is 3.09. The smallest absolute Gasteiger partial charge is 0.322 e. The number of rotatable bonds is 6. The van der Waals surface area contributed by atoms with E-state index in [0.29, 0.717) is 12.5 Å². The van der Waals surface area contributed by atoms with Gasteiger partial charge in [-0.15, -0.1) is 0 Å². The number of para-hydroxylation sites is 1. The number of likely N-dealkylation sites (tertiary alicyclic amines) is 2. The van der Waals surface area contributed by atoms with Crippen molar-refractivity contribution in [3.8, 4) is 0 Å². The summed E-state index contributed by atoms with van der Waals surface area (Å²) in [7, 11) is 4.26. The molecule has 9 heteroatoms. The van der Waals surface area contributed by atoms with Crippen molar-refractivity contribution in [3.63, 3.8) is 0 Å². The molecule has 2 aromatic rings. The number of amides is 3. The van der Waals surface area contributed by atoms with Crippen LogP contribution < -0.4 is 5.32 Å². The van der Waals surface area contributed by atoms with Gasteiger partial charge in [0.25, 0.3) is 0 Å². The fourth-order valence-corrected chi connectivity index (χ4v) is 7.77. The van der Waals surface area contributed by atoms with Crippen molar-refractivity contribution in [2.75, 3.05) is 52.1 Å². The largest absolute Gasteiger partial charge is 0.341 e. The Balaban J connectivity index is 1.28. The predicted molar refractivity (Wildman–Crippen MR) is 163 cm³/mol. The lowest BCUT2D eigenvalue weighted by atomic mass is 9.96. The molecule has 1 unspecified atom stereocenters. The molecule has 5 rings (SSSR count). The van der Waals surface area contributed by atoms with Crippen LogP contribution in [-0.4, -0.2) is 96.5 Å². The normalized spacial score (nSPS) is 20.5. The van der Waals surface area contributed by atoms with E-state index in [4.69, 9.17) is 0 Å². The highest BCUT2D eigenvalue weighted by Gasteiger charge is 2.37. The molecule has 2 saturated heterocycles. The molecule has 2 aromatic carbocycles. The minimum absolute atomic E-state index is 0.00576. The van der Waals surface area contributed by atoms with Crippen molar-refractivity contribution in [2.24, 2.45) is 0 Å². The van der Waals surface area contributed by atoms with Crippen LogP contribution in [-0.2, 0) is 17.6 Å². The highest BCUT2D eigenvalue weighted by Crippen LogP contribution is 2.28. The zero-order valence-corrected chi connectivity index (χ0v) is 26.1. The third kappa shape index (κ3) is 6.87. The summed E-state index contributed by atoms with van der Waals surface area (Å²) < 4.78 is 2.02. The summed E-state index contributed by atoms with van der Waals surface area (Å²) in [6.45, 7) is 3.96. The van der Waals surface area contributed by atoms with Crippen LogP contribution >= 0.6 is 31.9 Å². The highest BCUT2D eigenvalue weighted by molar-refractivity contribution is 9.11. The van der Waals surface area contributed by atoms with Gasteiger partial charge in [-0.3, -0.25) is 9.69 Å². The Morgan fingerprint density at radius 1 is 0.974 bits per heavy atom. The van der Waals surface area contributed by atoms with Crippen LogP contribution in [0.1, 0.15) is 36.8 Å². The molecule has 0 aliphatic carbocycles. The number of benzene rings is 2. The molecular weight excluding hydrogens is 622 g/mol. The van der Waals surface area contributed by atoms with Gasteiger partial charge in [-0.25, -0.2) is 4.79 Å². The maximum Gasteiger partial charge on any atom is 0.322 e. The molecule has 210 valence electrons. The number of halogens is 2. The standard InChI is InChI=1S/C30H39Br2N5O2/c1-34(2)25-8-14-36(15-9-25)29(38)28(19-21-17-23(31)20-24(32)18-21)35-12-10-26(11-13-35)37-16-7-22-5-3-4-6-27(22)33-30(37)39/h3-6,17-18,20,25-26,28H,7-16,19H2,1-2H3,(H,33,39). The number of anilines is 1. The van der Waals surface area contributed by atoms with Gasteiger partial charge in [-0.1, -0.05) is 50.1 Å². The van der Waals surface area contributed by atoms with Crippen molar-refractivity contribution >= 4 is 49.5 Å². The number of urea groups is 1. The predicted octanol–water partition coefficient (Wildman–Crippen LogP) is 5.23. The maximum atomic E-state index is 14.0. The number of carbonyl (C=O) groups excluding carboxylic acids is 2.